The summed E-state index contributed by atoms with van der Waals surface area (Å²) in [5.41, 5.74) is 10.2. The Hall–Kier alpha value is -2.68. The molecule has 3 heteroatoms. The molecule has 0 saturated heterocycles. The zero-order valence-corrected chi connectivity index (χ0v) is 11.7. The number of nitrogen functional groups attached to an aromatic ring is 1. The first-order valence-corrected chi connectivity index (χ1v) is 7.03. The second-order valence-corrected chi connectivity index (χ2v) is 4.94. The third-order valence-electron chi connectivity index (χ3n) is 3.46. The number of nitrogens with zero attached hydrogens (tertiary/aromatic N) is 2. The maximum atomic E-state index is 5.75. The average Bonchev–Trinajstić information content (AvgIpc) is 2.55. The normalized spacial score (nSPS) is 10.5. The molecular formula is C18H17N3. The molecule has 1 heterocycles. The van der Waals surface area contributed by atoms with Crippen LogP contribution >= 0.6 is 0 Å². The van der Waals surface area contributed by atoms with Crippen LogP contribution in [0.15, 0.2) is 66.9 Å². The largest absolute Gasteiger partial charge is 0.368 e. The molecule has 104 valence electrons. The number of aryl methyl sites for hydroxylation is 2. The van der Waals surface area contributed by atoms with Crippen molar-refractivity contribution in [2.45, 2.75) is 12.8 Å². The third kappa shape index (κ3) is 3.26. The SMILES string of the molecule is Nc1ncc(-c2ccccc2)c(CCc2ccccc2)n1. The van der Waals surface area contributed by atoms with Gasteiger partial charge in [-0.15, -0.1) is 0 Å². The molecule has 0 aliphatic rings. The monoisotopic (exact) mass is 275 g/mol. The maximum Gasteiger partial charge on any atom is 0.220 e. The average molecular weight is 275 g/mol. The summed E-state index contributed by atoms with van der Waals surface area (Å²) in [6, 6.07) is 20.6. The van der Waals surface area contributed by atoms with E-state index in [4.69, 9.17) is 5.73 Å². The summed E-state index contributed by atoms with van der Waals surface area (Å²) < 4.78 is 0. The van der Waals surface area contributed by atoms with Gasteiger partial charge >= 0.3 is 0 Å². The van der Waals surface area contributed by atoms with Crippen molar-refractivity contribution in [3.63, 3.8) is 0 Å². The molecule has 3 nitrogen and oxygen atoms in total. The van der Waals surface area contributed by atoms with Crippen LogP contribution in [0.2, 0.25) is 0 Å². The van der Waals surface area contributed by atoms with Crippen LogP contribution in [-0.2, 0) is 12.8 Å². The van der Waals surface area contributed by atoms with Crippen LogP contribution in [0.25, 0.3) is 11.1 Å². The first kappa shape index (κ1) is 13.3. The van der Waals surface area contributed by atoms with Crippen molar-refractivity contribution in [3.05, 3.63) is 78.1 Å². The molecule has 2 N–H and O–H groups in total. The summed E-state index contributed by atoms with van der Waals surface area (Å²) in [6.45, 7) is 0. The lowest BCUT2D eigenvalue weighted by Crippen LogP contribution is -2.03. The van der Waals surface area contributed by atoms with E-state index in [0.717, 1.165) is 29.7 Å². The standard InChI is InChI=1S/C18H17N3/c19-18-20-13-16(15-9-5-2-6-10-15)17(21-18)12-11-14-7-3-1-4-8-14/h1-10,13H,11-12H2,(H2,19,20,21). The van der Waals surface area contributed by atoms with Crippen LogP contribution in [-0.4, -0.2) is 9.97 Å². The minimum atomic E-state index is 0.331. The molecule has 0 atom stereocenters. The van der Waals surface area contributed by atoms with E-state index in [2.05, 4.69) is 46.4 Å². The van der Waals surface area contributed by atoms with Gasteiger partial charge < -0.3 is 5.73 Å². The highest BCUT2D eigenvalue weighted by atomic mass is 15.0. The predicted molar refractivity (Wildman–Crippen MR) is 85.7 cm³/mol. The van der Waals surface area contributed by atoms with E-state index in [9.17, 15) is 0 Å². The van der Waals surface area contributed by atoms with E-state index in [0.29, 0.717) is 5.95 Å². The van der Waals surface area contributed by atoms with Gasteiger partial charge in [0.05, 0.1) is 5.69 Å². The summed E-state index contributed by atoms with van der Waals surface area (Å²) in [6.07, 6.45) is 3.61. The van der Waals surface area contributed by atoms with Gasteiger partial charge in [0.2, 0.25) is 5.95 Å². The first-order valence-electron chi connectivity index (χ1n) is 7.03. The summed E-state index contributed by atoms with van der Waals surface area (Å²) in [5.74, 6) is 0.331. The highest BCUT2D eigenvalue weighted by Gasteiger charge is 2.08. The molecule has 0 bridgehead atoms. The molecule has 0 spiro atoms. The summed E-state index contributed by atoms with van der Waals surface area (Å²) in [5, 5.41) is 0. The second kappa shape index (κ2) is 6.18. The number of hydrogen-bond donors (Lipinski definition) is 1. The van der Waals surface area contributed by atoms with E-state index >= 15 is 0 Å². The Labute approximate surface area is 124 Å². The van der Waals surface area contributed by atoms with E-state index < -0.39 is 0 Å². The minimum absolute atomic E-state index is 0.331. The van der Waals surface area contributed by atoms with Crippen molar-refractivity contribution < 1.29 is 0 Å². The van der Waals surface area contributed by atoms with Gasteiger partial charge in [-0.1, -0.05) is 60.7 Å². The Balaban J connectivity index is 1.89. The number of rotatable bonds is 4. The fourth-order valence-corrected chi connectivity index (χ4v) is 2.39. The predicted octanol–water partition coefficient (Wildman–Crippen LogP) is 3.51. The lowest BCUT2D eigenvalue weighted by molar-refractivity contribution is 0.908. The number of nitrogens with two attached hydrogens (primary N) is 1. The zero-order valence-electron chi connectivity index (χ0n) is 11.7. The van der Waals surface area contributed by atoms with Crippen LogP contribution in [0.1, 0.15) is 11.3 Å². The Morgan fingerprint density at radius 3 is 2.19 bits per heavy atom. The van der Waals surface area contributed by atoms with Gasteiger partial charge in [0.15, 0.2) is 0 Å². The van der Waals surface area contributed by atoms with Gasteiger partial charge in [0, 0.05) is 11.8 Å². The second-order valence-electron chi connectivity index (χ2n) is 4.94. The lowest BCUT2D eigenvalue weighted by Gasteiger charge is -2.09. The van der Waals surface area contributed by atoms with Crippen LogP contribution in [0, 0.1) is 0 Å². The topological polar surface area (TPSA) is 51.8 Å². The van der Waals surface area contributed by atoms with Crippen molar-refractivity contribution in [1.82, 2.24) is 9.97 Å². The van der Waals surface area contributed by atoms with E-state index in [1.807, 2.05) is 30.5 Å². The van der Waals surface area contributed by atoms with Crippen molar-refractivity contribution in [2.75, 3.05) is 5.73 Å². The van der Waals surface area contributed by atoms with E-state index in [-0.39, 0.29) is 0 Å². The number of benzene rings is 2. The van der Waals surface area contributed by atoms with Gasteiger partial charge in [-0.2, -0.15) is 0 Å². The highest BCUT2D eigenvalue weighted by molar-refractivity contribution is 5.65. The van der Waals surface area contributed by atoms with Crippen LogP contribution in [0.4, 0.5) is 5.95 Å². The summed E-state index contributed by atoms with van der Waals surface area (Å²) in [7, 11) is 0. The first-order chi connectivity index (χ1) is 10.3. The fraction of sp³-hybridized carbons (Fsp3) is 0.111. The van der Waals surface area contributed by atoms with Gasteiger partial charge in [0.1, 0.15) is 0 Å². The summed E-state index contributed by atoms with van der Waals surface area (Å²) in [4.78, 5) is 8.57. The Morgan fingerprint density at radius 1 is 0.810 bits per heavy atom. The van der Waals surface area contributed by atoms with E-state index in [1.54, 1.807) is 0 Å². The van der Waals surface area contributed by atoms with Crippen LogP contribution < -0.4 is 5.73 Å². The van der Waals surface area contributed by atoms with Crippen molar-refractivity contribution in [2.24, 2.45) is 0 Å². The number of aromatic nitrogens is 2. The van der Waals surface area contributed by atoms with Gasteiger partial charge in [-0.05, 0) is 24.0 Å². The Morgan fingerprint density at radius 2 is 1.48 bits per heavy atom. The summed E-state index contributed by atoms with van der Waals surface area (Å²) >= 11 is 0. The van der Waals surface area contributed by atoms with Crippen molar-refractivity contribution in [3.8, 4) is 11.1 Å². The third-order valence-corrected chi connectivity index (χ3v) is 3.46. The molecule has 1 aromatic heterocycles. The Bertz CT molecular complexity index is 709. The number of anilines is 1. The Kier molecular flexibility index (Phi) is 3.92. The lowest BCUT2D eigenvalue weighted by atomic mass is 10.0. The molecular weight excluding hydrogens is 258 g/mol. The molecule has 21 heavy (non-hydrogen) atoms. The number of hydrogen-bond acceptors (Lipinski definition) is 3. The molecule has 0 unspecified atom stereocenters. The minimum Gasteiger partial charge on any atom is -0.368 e. The molecule has 3 rings (SSSR count). The fourth-order valence-electron chi connectivity index (χ4n) is 2.39. The molecule has 0 amide bonds. The van der Waals surface area contributed by atoms with Crippen molar-refractivity contribution in [1.29, 1.82) is 0 Å². The molecule has 0 aliphatic carbocycles. The van der Waals surface area contributed by atoms with Gasteiger partial charge in [-0.3, -0.25) is 0 Å². The molecule has 3 aromatic rings. The zero-order chi connectivity index (χ0) is 14.5. The smallest absolute Gasteiger partial charge is 0.220 e. The maximum absolute atomic E-state index is 5.75. The van der Waals surface area contributed by atoms with Gasteiger partial charge in [-0.25, -0.2) is 9.97 Å². The molecule has 0 fully saturated rings. The van der Waals surface area contributed by atoms with Crippen LogP contribution in [0.5, 0.6) is 0 Å². The molecule has 0 saturated carbocycles. The molecule has 0 radical (unpaired) electrons. The highest BCUT2D eigenvalue weighted by Crippen LogP contribution is 2.23. The quantitative estimate of drug-likeness (QED) is 0.792. The van der Waals surface area contributed by atoms with Crippen molar-refractivity contribution >= 4 is 5.95 Å². The molecule has 2 aromatic carbocycles. The van der Waals surface area contributed by atoms with Gasteiger partial charge in [0.25, 0.3) is 0 Å². The van der Waals surface area contributed by atoms with E-state index in [1.165, 1.54) is 5.56 Å². The van der Waals surface area contributed by atoms with Crippen LogP contribution in [0.3, 0.4) is 0 Å². The molecule has 0 aliphatic heterocycles.